The summed E-state index contributed by atoms with van der Waals surface area (Å²) in [6.45, 7) is 0.827. The Morgan fingerprint density at radius 2 is 2.05 bits per heavy atom. The lowest BCUT2D eigenvalue weighted by molar-refractivity contribution is 0.288. The van der Waals surface area contributed by atoms with Crippen molar-refractivity contribution in [3.8, 4) is 5.75 Å². The summed E-state index contributed by atoms with van der Waals surface area (Å²) in [6.07, 6.45) is 2.17. The molecule has 4 rings (SSSR count). The van der Waals surface area contributed by atoms with E-state index in [0.29, 0.717) is 0 Å². The van der Waals surface area contributed by atoms with E-state index in [9.17, 15) is 0 Å². The van der Waals surface area contributed by atoms with E-state index < -0.39 is 0 Å². The van der Waals surface area contributed by atoms with Gasteiger partial charge in [0, 0.05) is 4.70 Å². The van der Waals surface area contributed by atoms with E-state index in [4.69, 9.17) is 10.5 Å². The molecule has 2 heterocycles. The minimum atomic E-state index is -0.0756. The van der Waals surface area contributed by atoms with Crippen LogP contribution in [0.4, 0.5) is 0 Å². The van der Waals surface area contributed by atoms with Crippen LogP contribution in [0.5, 0.6) is 5.75 Å². The fourth-order valence-corrected chi connectivity index (χ4v) is 3.99. The summed E-state index contributed by atoms with van der Waals surface area (Å²) in [5, 5.41) is 3.45. The van der Waals surface area contributed by atoms with Gasteiger partial charge in [-0.25, -0.2) is 0 Å². The normalized spacial score (nSPS) is 15.5. The quantitative estimate of drug-likeness (QED) is 0.766. The highest BCUT2D eigenvalue weighted by molar-refractivity contribution is 7.17. The van der Waals surface area contributed by atoms with Crippen molar-refractivity contribution in [1.29, 1.82) is 0 Å². The number of hydrogen-bond donors (Lipinski definition) is 1. The molecular weight excluding hydrogens is 278 g/mol. The largest absolute Gasteiger partial charge is 0.493 e. The van der Waals surface area contributed by atoms with Crippen molar-refractivity contribution in [2.24, 2.45) is 5.73 Å². The van der Waals surface area contributed by atoms with Gasteiger partial charge in [-0.2, -0.15) is 0 Å². The molecule has 0 saturated carbocycles. The fraction of sp³-hybridized carbons (Fsp3) is 0.222. The van der Waals surface area contributed by atoms with Crippen LogP contribution >= 0.6 is 11.3 Å². The van der Waals surface area contributed by atoms with Gasteiger partial charge in [-0.05, 0) is 52.4 Å². The number of aryl methyl sites for hydroxylation is 1. The fourth-order valence-electron chi connectivity index (χ4n) is 2.99. The molecule has 0 spiro atoms. The lowest BCUT2D eigenvalue weighted by Crippen LogP contribution is -2.14. The lowest BCUT2D eigenvalue weighted by Gasteiger charge is -2.20. The third-order valence-corrected chi connectivity index (χ3v) is 5.12. The molecule has 1 aliphatic rings. The Hall–Kier alpha value is -1.84. The summed E-state index contributed by atoms with van der Waals surface area (Å²) in [6, 6.07) is 14.8. The summed E-state index contributed by atoms with van der Waals surface area (Å²) in [5.74, 6) is 1.02. The Kier molecular flexibility index (Phi) is 3.17. The van der Waals surface area contributed by atoms with E-state index in [1.54, 1.807) is 11.3 Å². The zero-order chi connectivity index (χ0) is 14.2. The minimum absolute atomic E-state index is 0.0756. The molecular formula is C18H17NOS. The number of rotatable bonds is 2. The second-order valence-corrected chi connectivity index (χ2v) is 6.40. The van der Waals surface area contributed by atoms with Crippen LogP contribution in [0.1, 0.15) is 29.2 Å². The summed E-state index contributed by atoms with van der Waals surface area (Å²) in [7, 11) is 0. The predicted octanol–water partition coefficient (Wildman–Crippen LogP) is 4.27. The summed E-state index contributed by atoms with van der Waals surface area (Å²) < 4.78 is 6.98. The average molecular weight is 295 g/mol. The summed E-state index contributed by atoms with van der Waals surface area (Å²) >= 11 is 1.76. The predicted molar refractivity (Wildman–Crippen MR) is 88.1 cm³/mol. The molecule has 0 radical (unpaired) electrons. The molecule has 1 aliphatic heterocycles. The standard InChI is InChI=1S/C18H17NOS/c19-18(15-11-21-17-6-2-1-5-14(15)17)13-7-8-16-12(10-13)4-3-9-20-16/h1-2,5-8,10-11,18H,3-4,9,19H2. The molecule has 21 heavy (non-hydrogen) atoms. The molecule has 0 aliphatic carbocycles. The van der Waals surface area contributed by atoms with E-state index in [0.717, 1.165) is 25.2 Å². The van der Waals surface area contributed by atoms with Crippen molar-refractivity contribution < 1.29 is 4.74 Å². The SMILES string of the molecule is NC(c1ccc2c(c1)CCCO2)c1csc2ccccc12. The second-order valence-electron chi connectivity index (χ2n) is 5.48. The Morgan fingerprint density at radius 3 is 3.00 bits per heavy atom. The molecule has 1 aromatic heterocycles. The number of hydrogen-bond acceptors (Lipinski definition) is 3. The molecule has 0 fully saturated rings. The van der Waals surface area contributed by atoms with Crippen LogP contribution < -0.4 is 10.5 Å². The number of ether oxygens (including phenoxy) is 1. The van der Waals surface area contributed by atoms with E-state index in [1.165, 1.54) is 26.8 Å². The van der Waals surface area contributed by atoms with Crippen molar-refractivity contribution >= 4 is 21.4 Å². The molecule has 0 bridgehead atoms. The van der Waals surface area contributed by atoms with Gasteiger partial charge in [0.15, 0.2) is 0 Å². The first-order valence-electron chi connectivity index (χ1n) is 7.30. The maximum atomic E-state index is 6.53. The van der Waals surface area contributed by atoms with Gasteiger partial charge >= 0.3 is 0 Å². The average Bonchev–Trinajstić information content (AvgIpc) is 2.98. The molecule has 2 nitrogen and oxygen atoms in total. The monoisotopic (exact) mass is 295 g/mol. The highest BCUT2D eigenvalue weighted by Gasteiger charge is 2.17. The van der Waals surface area contributed by atoms with Gasteiger partial charge in [0.05, 0.1) is 12.6 Å². The first-order chi connectivity index (χ1) is 10.3. The van der Waals surface area contributed by atoms with Gasteiger partial charge in [0.2, 0.25) is 0 Å². The van der Waals surface area contributed by atoms with Crippen LogP contribution in [0, 0.1) is 0 Å². The third-order valence-electron chi connectivity index (χ3n) is 4.14. The van der Waals surface area contributed by atoms with Gasteiger partial charge < -0.3 is 10.5 Å². The van der Waals surface area contributed by atoms with E-state index in [-0.39, 0.29) is 6.04 Å². The van der Waals surface area contributed by atoms with Gasteiger partial charge in [-0.1, -0.05) is 30.3 Å². The van der Waals surface area contributed by atoms with Gasteiger partial charge in [-0.15, -0.1) is 11.3 Å². The van der Waals surface area contributed by atoms with Crippen molar-refractivity contribution in [2.45, 2.75) is 18.9 Å². The van der Waals surface area contributed by atoms with Crippen molar-refractivity contribution in [3.05, 3.63) is 64.5 Å². The Morgan fingerprint density at radius 1 is 1.14 bits per heavy atom. The number of thiophene rings is 1. The van der Waals surface area contributed by atoms with Crippen LogP contribution in [-0.2, 0) is 6.42 Å². The molecule has 3 aromatic rings. The molecule has 0 amide bonds. The highest BCUT2D eigenvalue weighted by Crippen LogP contribution is 2.34. The molecule has 106 valence electrons. The van der Waals surface area contributed by atoms with Crippen LogP contribution in [0.25, 0.3) is 10.1 Å². The molecule has 1 unspecified atom stereocenters. The summed E-state index contributed by atoms with van der Waals surface area (Å²) in [5.41, 5.74) is 10.2. The molecule has 2 aromatic carbocycles. The van der Waals surface area contributed by atoms with Crippen molar-refractivity contribution in [1.82, 2.24) is 0 Å². The zero-order valence-corrected chi connectivity index (χ0v) is 12.5. The van der Waals surface area contributed by atoms with Crippen molar-refractivity contribution in [3.63, 3.8) is 0 Å². The smallest absolute Gasteiger partial charge is 0.122 e. The van der Waals surface area contributed by atoms with E-state index in [2.05, 4.69) is 47.8 Å². The summed E-state index contributed by atoms with van der Waals surface area (Å²) in [4.78, 5) is 0. The van der Waals surface area contributed by atoms with Crippen LogP contribution in [0.15, 0.2) is 47.8 Å². The molecule has 0 saturated heterocycles. The highest BCUT2D eigenvalue weighted by atomic mass is 32.1. The number of fused-ring (bicyclic) bond motifs is 2. The maximum absolute atomic E-state index is 6.53. The third kappa shape index (κ3) is 2.23. The lowest BCUT2D eigenvalue weighted by atomic mass is 9.95. The van der Waals surface area contributed by atoms with Gasteiger partial charge in [0.25, 0.3) is 0 Å². The van der Waals surface area contributed by atoms with Gasteiger partial charge in [-0.3, -0.25) is 0 Å². The first kappa shape index (κ1) is 12.9. The van der Waals surface area contributed by atoms with E-state index >= 15 is 0 Å². The van der Waals surface area contributed by atoms with Gasteiger partial charge in [0.1, 0.15) is 5.75 Å². The Labute approximate surface area is 128 Å². The van der Waals surface area contributed by atoms with E-state index in [1.807, 2.05) is 0 Å². The molecule has 3 heteroatoms. The minimum Gasteiger partial charge on any atom is -0.493 e. The van der Waals surface area contributed by atoms with Crippen LogP contribution in [0.3, 0.4) is 0 Å². The topological polar surface area (TPSA) is 35.2 Å². The Balaban J connectivity index is 1.75. The first-order valence-corrected chi connectivity index (χ1v) is 8.18. The maximum Gasteiger partial charge on any atom is 0.122 e. The second kappa shape index (κ2) is 5.17. The zero-order valence-electron chi connectivity index (χ0n) is 11.7. The molecule has 1 atom stereocenters. The number of benzene rings is 2. The van der Waals surface area contributed by atoms with Crippen molar-refractivity contribution in [2.75, 3.05) is 6.61 Å². The molecule has 2 N–H and O–H groups in total. The number of nitrogens with two attached hydrogens (primary N) is 1. The Bertz CT molecular complexity index is 793. The van der Waals surface area contributed by atoms with Crippen LogP contribution in [0.2, 0.25) is 0 Å². The van der Waals surface area contributed by atoms with Crippen LogP contribution in [-0.4, -0.2) is 6.61 Å².